The van der Waals surface area contributed by atoms with Crippen molar-refractivity contribution in [3.05, 3.63) is 29.3 Å². The van der Waals surface area contributed by atoms with E-state index in [4.69, 9.17) is 0 Å². The highest BCUT2D eigenvalue weighted by atomic mass is 16.2. The molecule has 0 bridgehead atoms. The van der Waals surface area contributed by atoms with Crippen molar-refractivity contribution in [2.75, 3.05) is 12.4 Å². The van der Waals surface area contributed by atoms with Gasteiger partial charge in [0.2, 0.25) is 0 Å². The van der Waals surface area contributed by atoms with Crippen molar-refractivity contribution in [2.45, 2.75) is 39.2 Å². The van der Waals surface area contributed by atoms with E-state index in [-0.39, 0.29) is 11.8 Å². The Balaban J connectivity index is 1.80. The van der Waals surface area contributed by atoms with Gasteiger partial charge in [0.15, 0.2) is 0 Å². The fraction of sp³-hybridized carbons (Fsp3) is 0.529. The predicted molar refractivity (Wildman–Crippen MR) is 82.5 cm³/mol. The quantitative estimate of drug-likeness (QED) is 0.850. The maximum absolute atomic E-state index is 12.0. The van der Waals surface area contributed by atoms with Gasteiger partial charge in [-0.05, 0) is 49.3 Å². The van der Waals surface area contributed by atoms with Gasteiger partial charge in [0.25, 0.3) is 11.8 Å². The minimum atomic E-state index is -0.207. The highest BCUT2D eigenvalue weighted by molar-refractivity contribution is 6.21. The zero-order valence-corrected chi connectivity index (χ0v) is 12.8. The van der Waals surface area contributed by atoms with Crippen LogP contribution >= 0.6 is 0 Å². The number of nitrogens with zero attached hydrogens (tertiary/aromatic N) is 1. The molecule has 0 radical (unpaired) electrons. The van der Waals surface area contributed by atoms with Gasteiger partial charge in [-0.2, -0.15) is 0 Å². The summed E-state index contributed by atoms with van der Waals surface area (Å²) in [6.07, 6.45) is 3.64. The minimum absolute atomic E-state index is 0.205. The standard InChI is InChI=1S/C17H22N2O2/c1-10-4-7-15(11(2)8-10)18-12-5-6-13-14(9-12)17(21)19(3)16(13)20/h5-6,9-11,15,18H,4,7-8H2,1-3H3. The Labute approximate surface area is 125 Å². The van der Waals surface area contributed by atoms with Crippen LogP contribution in [0, 0.1) is 11.8 Å². The first-order valence-electron chi connectivity index (χ1n) is 7.70. The molecule has 1 aromatic rings. The van der Waals surface area contributed by atoms with Gasteiger partial charge in [-0.25, -0.2) is 0 Å². The second-order valence-electron chi connectivity index (χ2n) is 6.58. The van der Waals surface area contributed by atoms with E-state index in [1.165, 1.54) is 24.8 Å². The second kappa shape index (κ2) is 5.17. The third-order valence-corrected chi connectivity index (χ3v) is 4.87. The third kappa shape index (κ3) is 2.43. The molecular weight excluding hydrogens is 264 g/mol. The number of rotatable bonds is 2. The maximum atomic E-state index is 12.0. The number of benzene rings is 1. The van der Waals surface area contributed by atoms with Crippen molar-refractivity contribution in [3.63, 3.8) is 0 Å². The monoisotopic (exact) mass is 286 g/mol. The fourth-order valence-corrected chi connectivity index (χ4v) is 3.54. The summed E-state index contributed by atoms with van der Waals surface area (Å²) < 4.78 is 0. The van der Waals surface area contributed by atoms with Crippen molar-refractivity contribution >= 4 is 17.5 Å². The number of hydrogen-bond acceptors (Lipinski definition) is 3. The number of carbonyl (C=O) groups is 2. The average Bonchev–Trinajstić information content (AvgIpc) is 2.67. The molecule has 0 aromatic heterocycles. The van der Waals surface area contributed by atoms with E-state index in [9.17, 15) is 9.59 Å². The molecule has 0 spiro atoms. The van der Waals surface area contributed by atoms with Gasteiger partial charge >= 0.3 is 0 Å². The Kier molecular flexibility index (Phi) is 3.47. The summed E-state index contributed by atoms with van der Waals surface area (Å²) in [5.41, 5.74) is 1.97. The molecule has 112 valence electrons. The third-order valence-electron chi connectivity index (χ3n) is 4.87. The molecule has 1 aliphatic carbocycles. The number of carbonyl (C=O) groups excluding carboxylic acids is 2. The van der Waals surface area contributed by atoms with Gasteiger partial charge in [-0.15, -0.1) is 0 Å². The summed E-state index contributed by atoms with van der Waals surface area (Å²) in [6, 6.07) is 5.94. The summed E-state index contributed by atoms with van der Waals surface area (Å²) in [4.78, 5) is 25.1. The molecular formula is C17H22N2O2. The lowest BCUT2D eigenvalue weighted by Gasteiger charge is -2.33. The van der Waals surface area contributed by atoms with Crippen LogP contribution in [-0.4, -0.2) is 29.8 Å². The summed E-state index contributed by atoms with van der Waals surface area (Å²) in [5, 5.41) is 3.55. The van der Waals surface area contributed by atoms with Crippen LogP contribution in [0.1, 0.15) is 53.8 Å². The van der Waals surface area contributed by atoms with Crippen molar-refractivity contribution < 1.29 is 9.59 Å². The summed E-state index contributed by atoms with van der Waals surface area (Å²) in [6.45, 7) is 4.59. The SMILES string of the molecule is CC1CCC(Nc2ccc3c(c2)C(=O)N(C)C3=O)C(C)C1. The number of imide groups is 1. The van der Waals surface area contributed by atoms with Crippen LogP contribution in [0.5, 0.6) is 0 Å². The largest absolute Gasteiger partial charge is 0.382 e. The highest BCUT2D eigenvalue weighted by Gasteiger charge is 2.33. The molecule has 1 N–H and O–H groups in total. The van der Waals surface area contributed by atoms with Crippen molar-refractivity contribution in [1.82, 2.24) is 4.90 Å². The first kappa shape index (κ1) is 14.1. The molecule has 3 unspecified atom stereocenters. The van der Waals surface area contributed by atoms with E-state index in [0.29, 0.717) is 23.1 Å². The molecule has 0 saturated heterocycles. The second-order valence-corrected chi connectivity index (χ2v) is 6.58. The lowest BCUT2D eigenvalue weighted by Crippen LogP contribution is -2.33. The first-order chi connectivity index (χ1) is 9.97. The Morgan fingerprint density at radius 3 is 2.52 bits per heavy atom. The smallest absolute Gasteiger partial charge is 0.261 e. The molecule has 21 heavy (non-hydrogen) atoms. The zero-order valence-electron chi connectivity index (χ0n) is 12.8. The summed E-state index contributed by atoms with van der Waals surface area (Å²) >= 11 is 0. The Morgan fingerprint density at radius 2 is 1.81 bits per heavy atom. The number of hydrogen-bond donors (Lipinski definition) is 1. The Morgan fingerprint density at radius 1 is 1.10 bits per heavy atom. The van der Waals surface area contributed by atoms with Crippen LogP contribution < -0.4 is 5.32 Å². The summed E-state index contributed by atoms with van der Waals surface area (Å²) in [5.74, 6) is 1.01. The number of anilines is 1. The molecule has 1 fully saturated rings. The lowest BCUT2D eigenvalue weighted by atomic mass is 9.80. The fourth-order valence-electron chi connectivity index (χ4n) is 3.54. The van der Waals surface area contributed by atoms with Crippen molar-refractivity contribution in [3.8, 4) is 0 Å². The van der Waals surface area contributed by atoms with E-state index < -0.39 is 0 Å². The van der Waals surface area contributed by atoms with E-state index >= 15 is 0 Å². The molecule has 3 rings (SSSR count). The topological polar surface area (TPSA) is 49.4 Å². The molecule has 1 heterocycles. The van der Waals surface area contributed by atoms with Crippen molar-refractivity contribution in [1.29, 1.82) is 0 Å². The molecule has 1 aromatic carbocycles. The number of fused-ring (bicyclic) bond motifs is 1. The van der Waals surface area contributed by atoms with Gasteiger partial charge in [0.1, 0.15) is 0 Å². The van der Waals surface area contributed by atoms with Crippen LogP contribution in [-0.2, 0) is 0 Å². The first-order valence-corrected chi connectivity index (χ1v) is 7.70. The Hall–Kier alpha value is -1.84. The predicted octanol–water partition coefficient (Wildman–Crippen LogP) is 3.15. The molecule has 1 aliphatic heterocycles. The van der Waals surface area contributed by atoms with Crippen molar-refractivity contribution in [2.24, 2.45) is 11.8 Å². The van der Waals surface area contributed by atoms with E-state index in [2.05, 4.69) is 19.2 Å². The zero-order chi connectivity index (χ0) is 15.1. The minimum Gasteiger partial charge on any atom is -0.382 e. The Bertz CT molecular complexity index is 596. The van der Waals surface area contributed by atoms with Gasteiger partial charge in [0.05, 0.1) is 11.1 Å². The van der Waals surface area contributed by atoms with Gasteiger partial charge in [0, 0.05) is 18.8 Å². The van der Waals surface area contributed by atoms with Crippen LogP contribution in [0.3, 0.4) is 0 Å². The molecule has 3 atom stereocenters. The van der Waals surface area contributed by atoms with Gasteiger partial charge < -0.3 is 5.32 Å². The highest BCUT2D eigenvalue weighted by Crippen LogP contribution is 2.32. The normalized spacial score (nSPS) is 28.7. The molecule has 1 saturated carbocycles. The van der Waals surface area contributed by atoms with Crippen LogP contribution in [0.25, 0.3) is 0 Å². The van der Waals surface area contributed by atoms with E-state index in [1.54, 1.807) is 6.07 Å². The summed E-state index contributed by atoms with van der Waals surface area (Å²) in [7, 11) is 1.53. The molecule has 2 aliphatic rings. The lowest BCUT2D eigenvalue weighted by molar-refractivity contribution is 0.0693. The van der Waals surface area contributed by atoms with Gasteiger partial charge in [-0.1, -0.05) is 13.8 Å². The molecule has 2 amide bonds. The average molecular weight is 286 g/mol. The van der Waals surface area contributed by atoms with Gasteiger partial charge in [-0.3, -0.25) is 14.5 Å². The molecule has 4 heteroatoms. The molecule has 4 nitrogen and oxygen atoms in total. The maximum Gasteiger partial charge on any atom is 0.261 e. The number of nitrogens with one attached hydrogen (secondary N) is 1. The van der Waals surface area contributed by atoms with Crippen LogP contribution in [0.2, 0.25) is 0 Å². The van der Waals surface area contributed by atoms with Crippen LogP contribution in [0.4, 0.5) is 5.69 Å². The van der Waals surface area contributed by atoms with Crippen LogP contribution in [0.15, 0.2) is 18.2 Å². The number of amides is 2. The van der Waals surface area contributed by atoms with E-state index in [1.807, 2.05) is 12.1 Å². The van der Waals surface area contributed by atoms with E-state index in [0.717, 1.165) is 18.0 Å².